The van der Waals surface area contributed by atoms with Gasteiger partial charge in [0.1, 0.15) is 0 Å². The summed E-state index contributed by atoms with van der Waals surface area (Å²) in [6.07, 6.45) is 9.92. The van der Waals surface area contributed by atoms with Crippen molar-refractivity contribution in [2.24, 2.45) is 11.8 Å². The monoisotopic (exact) mass is 287 g/mol. The summed E-state index contributed by atoms with van der Waals surface area (Å²) in [6.45, 7) is 3.26. The lowest BCUT2D eigenvalue weighted by Crippen LogP contribution is -2.33. The number of hydrogen-bond acceptors (Lipinski definition) is 3. The van der Waals surface area contributed by atoms with Crippen molar-refractivity contribution in [2.75, 3.05) is 18.1 Å². The first-order valence-electron chi connectivity index (χ1n) is 8.03. The van der Waals surface area contributed by atoms with Gasteiger partial charge in [-0.1, -0.05) is 32.6 Å². The normalized spacial score (nSPS) is 28.8. The van der Waals surface area contributed by atoms with E-state index in [-0.39, 0.29) is 0 Å². The minimum absolute atomic E-state index is 0.403. The molecule has 1 saturated carbocycles. The molecule has 0 aromatic heterocycles. The molecule has 1 saturated heterocycles. The van der Waals surface area contributed by atoms with E-state index >= 15 is 0 Å². The Morgan fingerprint density at radius 1 is 1.11 bits per heavy atom. The maximum Gasteiger partial charge on any atom is 0.150 e. The van der Waals surface area contributed by atoms with Crippen LogP contribution in [0.15, 0.2) is 0 Å². The predicted molar refractivity (Wildman–Crippen MR) is 80.0 cm³/mol. The predicted octanol–water partition coefficient (Wildman–Crippen LogP) is 2.76. The summed E-state index contributed by atoms with van der Waals surface area (Å²) in [5, 5.41) is 3.66. The van der Waals surface area contributed by atoms with Crippen LogP contribution in [-0.4, -0.2) is 32.5 Å². The van der Waals surface area contributed by atoms with Gasteiger partial charge in [-0.3, -0.25) is 0 Å². The van der Waals surface area contributed by atoms with Crippen LogP contribution in [0.4, 0.5) is 0 Å². The summed E-state index contributed by atoms with van der Waals surface area (Å²) in [5.74, 6) is 2.14. The Morgan fingerprint density at radius 3 is 2.37 bits per heavy atom. The Morgan fingerprint density at radius 2 is 1.79 bits per heavy atom. The van der Waals surface area contributed by atoms with E-state index in [2.05, 4.69) is 12.2 Å². The van der Waals surface area contributed by atoms with Crippen molar-refractivity contribution in [3.63, 3.8) is 0 Å². The van der Waals surface area contributed by atoms with Crippen LogP contribution in [0.1, 0.15) is 58.3 Å². The Bertz CT molecular complexity index is 360. The van der Waals surface area contributed by atoms with Gasteiger partial charge in [0.05, 0.1) is 11.5 Å². The lowest BCUT2D eigenvalue weighted by atomic mass is 9.91. The van der Waals surface area contributed by atoms with Gasteiger partial charge in [0.25, 0.3) is 0 Å². The van der Waals surface area contributed by atoms with Crippen LogP contribution >= 0.6 is 0 Å². The van der Waals surface area contributed by atoms with E-state index in [0.717, 1.165) is 31.7 Å². The first-order chi connectivity index (χ1) is 9.09. The van der Waals surface area contributed by atoms with E-state index in [0.29, 0.717) is 23.5 Å². The van der Waals surface area contributed by atoms with Crippen molar-refractivity contribution in [3.8, 4) is 0 Å². The largest absolute Gasteiger partial charge is 0.314 e. The fraction of sp³-hybridized carbons (Fsp3) is 1.00. The number of nitrogens with one attached hydrogen (secondary N) is 1. The van der Waals surface area contributed by atoms with Crippen molar-refractivity contribution in [2.45, 2.75) is 64.3 Å². The van der Waals surface area contributed by atoms with Crippen molar-refractivity contribution in [1.29, 1.82) is 0 Å². The van der Waals surface area contributed by atoms with Crippen molar-refractivity contribution in [1.82, 2.24) is 5.32 Å². The van der Waals surface area contributed by atoms with Crippen LogP contribution in [0.2, 0.25) is 0 Å². The lowest BCUT2D eigenvalue weighted by molar-refractivity contribution is 0.334. The van der Waals surface area contributed by atoms with Gasteiger partial charge in [-0.15, -0.1) is 0 Å². The minimum Gasteiger partial charge on any atom is -0.314 e. The molecule has 112 valence electrons. The number of rotatable bonds is 7. The van der Waals surface area contributed by atoms with Crippen molar-refractivity contribution < 1.29 is 8.42 Å². The Hall–Kier alpha value is -0.0900. The molecule has 3 nitrogen and oxygen atoms in total. The summed E-state index contributed by atoms with van der Waals surface area (Å²) in [5.41, 5.74) is 0. The molecular weight excluding hydrogens is 258 g/mol. The number of sulfone groups is 1. The Labute approximate surface area is 118 Å². The standard InChI is InChI=1S/C15H29NO2S/c1-2-8-16-15(10-13-5-3-4-6-13)11-14-7-9-19(17,18)12-14/h13-16H,2-12H2,1H3. The zero-order valence-electron chi connectivity index (χ0n) is 12.2. The highest BCUT2D eigenvalue weighted by atomic mass is 32.2. The highest BCUT2D eigenvalue weighted by molar-refractivity contribution is 7.91. The van der Waals surface area contributed by atoms with Gasteiger partial charge in [-0.25, -0.2) is 8.42 Å². The SMILES string of the molecule is CCCNC(CC1CCCC1)CC1CCS(=O)(=O)C1. The summed E-state index contributed by atoms with van der Waals surface area (Å²) in [4.78, 5) is 0. The molecule has 2 atom stereocenters. The van der Waals surface area contributed by atoms with Gasteiger partial charge in [0.2, 0.25) is 0 Å². The fourth-order valence-corrected chi connectivity index (χ4v) is 5.60. The lowest BCUT2D eigenvalue weighted by Gasteiger charge is -2.24. The summed E-state index contributed by atoms with van der Waals surface area (Å²) in [7, 11) is -2.72. The molecule has 1 heterocycles. The highest BCUT2D eigenvalue weighted by Crippen LogP contribution is 2.31. The van der Waals surface area contributed by atoms with E-state index in [1.54, 1.807) is 0 Å². The van der Waals surface area contributed by atoms with Crippen LogP contribution < -0.4 is 5.32 Å². The Balaban J connectivity index is 1.82. The third-order valence-corrected chi connectivity index (χ3v) is 6.56. The molecule has 0 aromatic rings. The Kier molecular flexibility index (Phi) is 5.70. The van der Waals surface area contributed by atoms with Gasteiger partial charge in [-0.05, 0) is 44.1 Å². The molecule has 2 aliphatic rings. The minimum atomic E-state index is -2.72. The molecule has 19 heavy (non-hydrogen) atoms. The first kappa shape index (κ1) is 15.3. The zero-order chi connectivity index (χ0) is 13.7. The third kappa shape index (κ3) is 5.07. The molecule has 0 bridgehead atoms. The second-order valence-corrected chi connectivity index (χ2v) is 8.77. The molecule has 0 radical (unpaired) electrons. The molecule has 1 aliphatic carbocycles. The fourth-order valence-electron chi connectivity index (χ4n) is 3.72. The third-order valence-electron chi connectivity index (χ3n) is 4.72. The average molecular weight is 287 g/mol. The summed E-state index contributed by atoms with van der Waals surface area (Å²) < 4.78 is 23.1. The van der Waals surface area contributed by atoms with Crippen LogP contribution in [0.5, 0.6) is 0 Å². The van der Waals surface area contributed by atoms with E-state index in [4.69, 9.17) is 0 Å². The maximum atomic E-state index is 11.6. The van der Waals surface area contributed by atoms with E-state index < -0.39 is 9.84 Å². The van der Waals surface area contributed by atoms with Gasteiger partial charge in [0.15, 0.2) is 9.84 Å². The second-order valence-electron chi connectivity index (χ2n) is 6.54. The van der Waals surface area contributed by atoms with Crippen molar-refractivity contribution in [3.05, 3.63) is 0 Å². The van der Waals surface area contributed by atoms with Gasteiger partial charge < -0.3 is 5.32 Å². The first-order valence-corrected chi connectivity index (χ1v) is 9.85. The molecular formula is C15H29NO2S. The van der Waals surface area contributed by atoms with E-state index in [9.17, 15) is 8.42 Å². The summed E-state index contributed by atoms with van der Waals surface area (Å²) in [6, 6.07) is 0.543. The van der Waals surface area contributed by atoms with Crippen LogP contribution in [-0.2, 0) is 9.84 Å². The smallest absolute Gasteiger partial charge is 0.150 e. The second kappa shape index (κ2) is 7.07. The molecule has 0 spiro atoms. The van der Waals surface area contributed by atoms with Gasteiger partial charge >= 0.3 is 0 Å². The molecule has 1 N–H and O–H groups in total. The molecule has 2 fully saturated rings. The van der Waals surface area contributed by atoms with E-state index in [1.165, 1.54) is 32.1 Å². The van der Waals surface area contributed by atoms with Crippen molar-refractivity contribution >= 4 is 9.84 Å². The molecule has 0 aromatic carbocycles. The topological polar surface area (TPSA) is 46.2 Å². The van der Waals surface area contributed by atoms with E-state index in [1.807, 2.05) is 0 Å². The number of hydrogen-bond donors (Lipinski definition) is 1. The van der Waals surface area contributed by atoms with Crippen LogP contribution in [0.25, 0.3) is 0 Å². The van der Waals surface area contributed by atoms with Gasteiger partial charge in [0, 0.05) is 6.04 Å². The molecule has 2 unspecified atom stereocenters. The van der Waals surface area contributed by atoms with Crippen LogP contribution in [0.3, 0.4) is 0 Å². The zero-order valence-corrected chi connectivity index (χ0v) is 13.1. The summed E-state index contributed by atoms with van der Waals surface area (Å²) >= 11 is 0. The molecule has 4 heteroatoms. The molecule has 1 aliphatic heterocycles. The molecule has 0 amide bonds. The highest BCUT2D eigenvalue weighted by Gasteiger charge is 2.30. The molecule has 2 rings (SSSR count). The average Bonchev–Trinajstić information content (AvgIpc) is 2.96. The maximum absolute atomic E-state index is 11.6. The van der Waals surface area contributed by atoms with Gasteiger partial charge in [-0.2, -0.15) is 0 Å². The van der Waals surface area contributed by atoms with Crippen LogP contribution in [0, 0.1) is 11.8 Å². The quantitative estimate of drug-likeness (QED) is 0.783.